The van der Waals surface area contributed by atoms with Crippen LogP contribution in [0.4, 0.5) is 8.78 Å². The van der Waals surface area contributed by atoms with E-state index in [0.717, 1.165) is 0 Å². The Morgan fingerprint density at radius 3 is 2.79 bits per heavy atom. The Labute approximate surface area is 81.7 Å². The van der Waals surface area contributed by atoms with Gasteiger partial charge in [-0.05, 0) is 0 Å². The lowest BCUT2D eigenvalue weighted by Gasteiger charge is -2.36. The predicted molar refractivity (Wildman–Crippen MR) is 47.2 cm³/mol. The minimum absolute atomic E-state index is 0.0140. The number of carbonyl (C=O) groups excluding carboxylic acids is 1. The summed E-state index contributed by atoms with van der Waals surface area (Å²) in [7, 11) is 0. The van der Waals surface area contributed by atoms with Crippen molar-refractivity contribution >= 4 is 5.91 Å². The van der Waals surface area contributed by atoms with E-state index in [1.807, 2.05) is 0 Å². The van der Waals surface area contributed by atoms with E-state index in [2.05, 4.69) is 0 Å². The van der Waals surface area contributed by atoms with E-state index in [1.54, 1.807) is 9.80 Å². The zero-order valence-corrected chi connectivity index (χ0v) is 8.17. The first kappa shape index (κ1) is 9.83. The zero-order valence-electron chi connectivity index (χ0n) is 8.17. The number of amides is 1. The zero-order chi connectivity index (χ0) is 10.3. The number of hydrogen-bond donors (Lipinski definition) is 0. The van der Waals surface area contributed by atoms with Crippen LogP contribution in [0.3, 0.4) is 0 Å². The molecule has 0 radical (unpaired) electrons. The lowest BCUT2D eigenvalue weighted by Crippen LogP contribution is -2.51. The normalized spacial score (nSPS) is 31.6. The Bertz CT molecular complexity index is 257. The molecule has 0 aromatic heterocycles. The van der Waals surface area contributed by atoms with Crippen LogP contribution in [0, 0.1) is 0 Å². The largest absolute Gasteiger partial charge is 0.340 e. The number of rotatable bonds is 0. The summed E-state index contributed by atoms with van der Waals surface area (Å²) in [6.07, 6.45) is -0.100. The van der Waals surface area contributed by atoms with Gasteiger partial charge in [0.05, 0.1) is 6.54 Å². The molecule has 2 rings (SSSR count). The third kappa shape index (κ3) is 1.73. The molecule has 2 heterocycles. The van der Waals surface area contributed by atoms with Gasteiger partial charge in [0.1, 0.15) is 0 Å². The summed E-state index contributed by atoms with van der Waals surface area (Å²) in [5, 5.41) is 0. The average molecular weight is 204 g/mol. The van der Waals surface area contributed by atoms with Gasteiger partial charge in [0.25, 0.3) is 5.92 Å². The fourth-order valence-corrected chi connectivity index (χ4v) is 2.29. The first-order valence-electron chi connectivity index (χ1n) is 4.85. The summed E-state index contributed by atoms with van der Waals surface area (Å²) in [5.74, 6) is -2.57. The van der Waals surface area contributed by atoms with Crippen LogP contribution < -0.4 is 0 Å². The molecule has 0 spiro atoms. The molecule has 2 saturated heterocycles. The highest BCUT2D eigenvalue weighted by atomic mass is 19.3. The quantitative estimate of drug-likeness (QED) is 0.575. The van der Waals surface area contributed by atoms with Crippen LogP contribution in [0.2, 0.25) is 0 Å². The van der Waals surface area contributed by atoms with Gasteiger partial charge in [-0.3, -0.25) is 9.69 Å². The fraction of sp³-hybridized carbons (Fsp3) is 0.889. The molecule has 2 aliphatic heterocycles. The van der Waals surface area contributed by atoms with Crippen molar-refractivity contribution in [3.63, 3.8) is 0 Å². The summed E-state index contributed by atoms with van der Waals surface area (Å²) in [5.41, 5.74) is 0. The highest BCUT2D eigenvalue weighted by Gasteiger charge is 2.46. The number of carbonyl (C=O) groups is 1. The van der Waals surface area contributed by atoms with Gasteiger partial charge in [0.2, 0.25) is 5.91 Å². The van der Waals surface area contributed by atoms with Crippen molar-refractivity contribution in [3.8, 4) is 0 Å². The van der Waals surface area contributed by atoms with E-state index >= 15 is 0 Å². The van der Waals surface area contributed by atoms with Crippen molar-refractivity contribution in [3.05, 3.63) is 0 Å². The molecule has 2 aliphatic rings. The van der Waals surface area contributed by atoms with Crippen molar-refractivity contribution in [1.82, 2.24) is 9.80 Å². The van der Waals surface area contributed by atoms with Crippen LogP contribution in [0.15, 0.2) is 0 Å². The van der Waals surface area contributed by atoms with Gasteiger partial charge >= 0.3 is 0 Å². The minimum Gasteiger partial charge on any atom is -0.340 e. The van der Waals surface area contributed by atoms with Gasteiger partial charge in [0.15, 0.2) is 0 Å². The smallest absolute Gasteiger partial charge is 0.262 e. The molecular weight excluding hydrogens is 190 g/mol. The molecule has 0 aliphatic carbocycles. The predicted octanol–water partition coefficient (Wildman–Crippen LogP) is 0.558. The minimum atomic E-state index is -2.56. The molecule has 14 heavy (non-hydrogen) atoms. The SMILES string of the molecule is CC(=O)N1CCN2CC(F)(F)CC2C1. The van der Waals surface area contributed by atoms with Crippen molar-refractivity contribution in [2.75, 3.05) is 26.2 Å². The average Bonchev–Trinajstić information content (AvgIpc) is 2.36. The lowest BCUT2D eigenvalue weighted by molar-refractivity contribution is -0.131. The van der Waals surface area contributed by atoms with E-state index in [9.17, 15) is 13.6 Å². The summed E-state index contributed by atoms with van der Waals surface area (Å²) in [6, 6.07) is -0.136. The second kappa shape index (κ2) is 3.15. The summed E-state index contributed by atoms with van der Waals surface area (Å²) < 4.78 is 26.1. The number of hydrogen-bond acceptors (Lipinski definition) is 2. The molecule has 5 heteroatoms. The van der Waals surface area contributed by atoms with Gasteiger partial charge < -0.3 is 4.90 Å². The molecule has 0 saturated carbocycles. The Balaban J connectivity index is 2.01. The third-order valence-electron chi connectivity index (χ3n) is 3.02. The topological polar surface area (TPSA) is 23.6 Å². The van der Waals surface area contributed by atoms with Crippen molar-refractivity contribution < 1.29 is 13.6 Å². The molecule has 0 N–H and O–H groups in total. The van der Waals surface area contributed by atoms with Crippen molar-refractivity contribution in [2.24, 2.45) is 0 Å². The molecule has 80 valence electrons. The van der Waals surface area contributed by atoms with Crippen LogP contribution >= 0.6 is 0 Å². The van der Waals surface area contributed by atoms with Gasteiger partial charge in [-0.25, -0.2) is 8.78 Å². The van der Waals surface area contributed by atoms with Crippen LogP contribution in [-0.4, -0.2) is 53.9 Å². The van der Waals surface area contributed by atoms with Crippen LogP contribution in [-0.2, 0) is 4.79 Å². The fourth-order valence-electron chi connectivity index (χ4n) is 2.29. The number of fused-ring (bicyclic) bond motifs is 1. The van der Waals surface area contributed by atoms with Crippen LogP contribution in [0.1, 0.15) is 13.3 Å². The lowest BCUT2D eigenvalue weighted by atomic mass is 10.1. The summed E-state index contributed by atoms with van der Waals surface area (Å²) in [4.78, 5) is 14.5. The maximum absolute atomic E-state index is 13.0. The number of piperazine rings is 1. The van der Waals surface area contributed by atoms with Gasteiger partial charge in [0, 0.05) is 39.0 Å². The number of nitrogens with zero attached hydrogens (tertiary/aromatic N) is 2. The molecule has 3 nitrogen and oxygen atoms in total. The summed E-state index contributed by atoms with van der Waals surface area (Å²) in [6.45, 7) is 2.98. The Hall–Kier alpha value is -0.710. The molecule has 1 amide bonds. The van der Waals surface area contributed by atoms with Gasteiger partial charge in [-0.15, -0.1) is 0 Å². The first-order valence-corrected chi connectivity index (χ1v) is 4.85. The van der Waals surface area contributed by atoms with Crippen LogP contribution in [0.25, 0.3) is 0 Å². The van der Waals surface area contributed by atoms with Gasteiger partial charge in [-0.2, -0.15) is 0 Å². The number of alkyl halides is 2. The van der Waals surface area contributed by atoms with Gasteiger partial charge in [-0.1, -0.05) is 0 Å². The van der Waals surface area contributed by atoms with E-state index < -0.39 is 5.92 Å². The molecule has 0 aromatic carbocycles. The monoisotopic (exact) mass is 204 g/mol. The molecule has 0 aromatic rings. The Kier molecular flexibility index (Phi) is 2.21. The highest BCUT2D eigenvalue weighted by molar-refractivity contribution is 5.73. The molecular formula is C9H14F2N2O. The van der Waals surface area contributed by atoms with E-state index in [0.29, 0.717) is 19.6 Å². The summed E-state index contributed by atoms with van der Waals surface area (Å²) >= 11 is 0. The molecule has 1 atom stereocenters. The third-order valence-corrected chi connectivity index (χ3v) is 3.02. The molecule has 0 bridgehead atoms. The van der Waals surface area contributed by atoms with E-state index in [-0.39, 0.29) is 24.9 Å². The van der Waals surface area contributed by atoms with Crippen molar-refractivity contribution in [2.45, 2.75) is 25.3 Å². The second-order valence-electron chi connectivity index (χ2n) is 4.15. The maximum atomic E-state index is 13.0. The van der Waals surface area contributed by atoms with Crippen LogP contribution in [0.5, 0.6) is 0 Å². The maximum Gasteiger partial charge on any atom is 0.262 e. The first-order chi connectivity index (χ1) is 6.48. The van der Waals surface area contributed by atoms with Crippen molar-refractivity contribution in [1.29, 1.82) is 0 Å². The standard InChI is InChI=1S/C9H14F2N2O/c1-7(14)12-2-3-13-6-9(10,11)4-8(13)5-12/h8H,2-6H2,1H3. The van der Waals surface area contributed by atoms with E-state index in [1.165, 1.54) is 6.92 Å². The highest BCUT2D eigenvalue weighted by Crippen LogP contribution is 2.33. The Morgan fingerprint density at radius 2 is 2.14 bits per heavy atom. The van der Waals surface area contributed by atoms with E-state index in [4.69, 9.17) is 0 Å². The Morgan fingerprint density at radius 1 is 1.43 bits per heavy atom. The number of halogens is 2. The molecule has 2 fully saturated rings. The second-order valence-corrected chi connectivity index (χ2v) is 4.15. The molecule has 1 unspecified atom stereocenters.